The average Bonchev–Trinajstić information content (AvgIpc) is 2.51. The van der Waals surface area contributed by atoms with Crippen LogP contribution in [-0.2, 0) is 4.79 Å². The second kappa shape index (κ2) is 3.90. The van der Waals surface area contributed by atoms with E-state index >= 15 is 0 Å². The topological polar surface area (TPSA) is 44.5 Å². The largest absolute Gasteiger partial charge is 0.354 e. The summed E-state index contributed by atoms with van der Waals surface area (Å²) in [7, 11) is 1.63. The van der Waals surface area contributed by atoms with Crippen LogP contribution in [0.4, 0.5) is 0 Å². The number of carbonyl (C=O) groups is 1. The van der Waals surface area contributed by atoms with Gasteiger partial charge in [-0.3, -0.25) is 4.79 Å². The van der Waals surface area contributed by atoms with Crippen molar-refractivity contribution in [3.8, 4) is 0 Å². The molecule has 14 heavy (non-hydrogen) atoms. The van der Waals surface area contributed by atoms with Crippen molar-refractivity contribution in [3.05, 3.63) is 0 Å². The van der Waals surface area contributed by atoms with E-state index in [1.165, 1.54) is 0 Å². The van der Waals surface area contributed by atoms with Gasteiger partial charge in [-0.1, -0.05) is 25.5 Å². The summed E-state index contributed by atoms with van der Waals surface area (Å²) in [5.74, 6) is 0.292. The van der Waals surface area contributed by atoms with Crippen molar-refractivity contribution in [2.75, 3.05) is 13.6 Å². The lowest BCUT2D eigenvalue weighted by molar-refractivity contribution is -0.514. The van der Waals surface area contributed by atoms with Gasteiger partial charge >= 0.3 is 0 Å². The Labute approximate surface area is 84.7 Å². The van der Waals surface area contributed by atoms with E-state index in [1.807, 2.05) is 12.4 Å². The molecule has 1 unspecified atom stereocenters. The Kier molecular flexibility index (Phi) is 3.03. The van der Waals surface area contributed by atoms with Crippen molar-refractivity contribution in [1.82, 2.24) is 5.32 Å². The van der Waals surface area contributed by atoms with Crippen LogP contribution in [0.15, 0.2) is 5.10 Å². The number of nitrogens with one attached hydrogen (secondary N) is 1. The van der Waals surface area contributed by atoms with E-state index in [2.05, 4.69) is 31.2 Å². The predicted octanol–water partition coefficient (Wildman–Crippen LogP) is 0.477. The molecular formula is C10H18N3O+. The first-order chi connectivity index (χ1) is 6.43. The molecule has 0 saturated heterocycles. The molecule has 0 aromatic carbocycles. The number of hydrogen-bond acceptors (Lipinski definition) is 2. The third-order valence-corrected chi connectivity index (χ3v) is 2.29. The number of hydrogen-bond donors (Lipinski definition) is 1. The first-order valence-corrected chi connectivity index (χ1v) is 4.80. The maximum Gasteiger partial charge on any atom is 0.288 e. The third-order valence-electron chi connectivity index (χ3n) is 2.29. The SMILES string of the molecule is CNC(=O)C[N+]1=CC(C(C)(C)C)C=N1. The van der Waals surface area contributed by atoms with Crippen molar-refractivity contribution in [2.45, 2.75) is 20.8 Å². The Morgan fingerprint density at radius 1 is 1.57 bits per heavy atom. The molecule has 4 nitrogen and oxygen atoms in total. The summed E-state index contributed by atoms with van der Waals surface area (Å²) in [6.45, 7) is 6.77. The Hall–Kier alpha value is -1.19. The van der Waals surface area contributed by atoms with Gasteiger partial charge in [-0.25, -0.2) is 0 Å². The minimum atomic E-state index is -0.0204. The number of carbonyl (C=O) groups excluding carboxylic acids is 1. The zero-order valence-corrected chi connectivity index (χ0v) is 9.24. The van der Waals surface area contributed by atoms with Gasteiger partial charge in [-0.05, 0) is 10.5 Å². The van der Waals surface area contributed by atoms with E-state index in [0.717, 1.165) is 0 Å². The van der Waals surface area contributed by atoms with E-state index < -0.39 is 0 Å². The fraction of sp³-hybridized carbons (Fsp3) is 0.700. The molecule has 4 heteroatoms. The van der Waals surface area contributed by atoms with Crippen molar-refractivity contribution >= 4 is 18.3 Å². The maximum atomic E-state index is 11.1. The van der Waals surface area contributed by atoms with Gasteiger partial charge in [0.1, 0.15) is 0 Å². The molecule has 0 aromatic heterocycles. The van der Waals surface area contributed by atoms with Gasteiger partial charge in [0.25, 0.3) is 12.5 Å². The van der Waals surface area contributed by atoms with Crippen LogP contribution in [-0.4, -0.2) is 36.6 Å². The van der Waals surface area contributed by atoms with Crippen molar-refractivity contribution in [2.24, 2.45) is 16.4 Å². The first-order valence-electron chi connectivity index (χ1n) is 4.80. The van der Waals surface area contributed by atoms with Crippen LogP contribution in [0.25, 0.3) is 0 Å². The molecular weight excluding hydrogens is 178 g/mol. The minimum Gasteiger partial charge on any atom is -0.354 e. The number of rotatable bonds is 2. The number of amides is 1. The molecule has 1 rings (SSSR count). The Balaban J connectivity index is 2.61. The van der Waals surface area contributed by atoms with Crippen LogP contribution >= 0.6 is 0 Å². The third kappa shape index (κ3) is 2.65. The minimum absolute atomic E-state index is 0.0204. The predicted molar refractivity (Wildman–Crippen MR) is 56.7 cm³/mol. The standard InChI is InChI=1S/C10H17N3O/c1-10(2,3)8-5-12-13(6-8)7-9(14)11-4/h5-6,8H,7H2,1-4H3/p+1. The Bertz CT molecular complexity index is 286. The van der Waals surface area contributed by atoms with Crippen LogP contribution in [0.3, 0.4) is 0 Å². The summed E-state index contributed by atoms with van der Waals surface area (Å²) < 4.78 is 1.69. The summed E-state index contributed by atoms with van der Waals surface area (Å²) in [5.41, 5.74) is 0.168. The quantitative estimate of drug-likeness (QED) is 0.641. The van der Waals surface area contributed by atoms with E-state index in [1.54, 1.807) is 11.7 Å². The average molecular weight is 196 g/mol. The summed E-state index contributed by atoms with van der Waals surface area (Å²) >= 11 is 0. The molecule has 0 spiro atoms. The molecule has 78 valence electrons. The molecule has 0 bridgehead atoms. The number of hydrazone groups is 1. The van der Waals surface area contributed by atoms with E-state index in [4.69, 9.17) is 0 Å². The Morgan fingerprint density at radius 2 is 2.21 bits per heavy atom. The highest BCUT2D eigenvalue weighted by Crippen LogP contribution is 2.24. The highest BCUT2D eigenvalue weighted by Gasteiger charge is 2.30. The molecule has 1 aliphatic rings. The summed E-state index contributed by atoms with van der Waals surface area (Å²) in [4.78, 5) is 11.1. The second-order valence-corrected chi connectivity index (χ2v) is 4.58. The van der Waals surface area contributed by atoms with E-state index in [0.29, 0.717) is 12.5 Å². The number of likely N-dealkylation sites (N-methyl/N-ethyl adjacent to an activating group) is 1. The molecule has 1 amide bonds. The molecule has 1 N–H and O–H groups in total. The molecule has 0 aliphatic carbocycles. The maximum absolute atomic E-state index is 11.1. The van der Waals surface area contributed by atoms with Gasteiger partial charge in [0.15, 0.2) is 6.21 Å². The van der Waals surface area contributed by atoms with Crippen LogP contribution in [0, 0.1) is 11.3 Å². The van der Waals surface area contributed by atoms with Gasteiger partial charge in [0, 0.05) is 7.05 Å². The lowest BCUT2D eigenvalue weighted by Gasteiger charge is -2.18. The van der Waals surface area contributed by atoms with Crippen molar-refractivity contribution < 1.29 is 9.48 Å². The van der Waals surface area contributed by atoms with Crippen LogP contribution in [0.1, 0.15) is 20.8 Å². The van der Waals surface area contributed by atoms with Gasteiger partial charge in [-0.15, -0.1) is 0 Å². The van der Waals surface area contributed by atoms with Gasteiger partial charge in [-0.2, -0.15) is 0 Å². The lowest BCUT2D eigenvalue weighted by Crippen LogP contribution is -2.28. The van der Waals surface area contributed by atoms with Crippen molar-refractivity contribution in [3.63, 3.8) is 0 Å². The molecule has 0 aromatic rings. The smallest absolute Gasteiger partial charge is 0.288 e. The fourth-order valence-corrected chi connectivity index (χ4v) is 1.19. The Morgan fingerprint density at radius 3 is 2.64 bits per heavy atom. The van der Waals surface area contributed by atoms with E-state index in [9.17, 15) is 4.79 Å². The lowest BCUT2D eigenvalue weighted by atomic mass is 9.83. The summed E-state index contributed by atoms with van der Waals surface area (Å²) in [6, 6.07) is 0. The summed E-state index contributed by atoms with van der Waals surface area (Å²) in [6.07, 6.45) is 3.89. The molecule has 1 atom stereocenters. The molecule has 1 aliphatic heterocycles. The van der Waals surface area contributed by atoms with Crippen molar-refractivity contribution in [1.29, 1.82) is 0 Å². The monoisotopic (exact) mass is 196 g/mol. The van der Waals surface area contributed by atoms with Crippen LogP contribution in [0.2, 0.25) is 0 Å². The van der Waals surface area contributed by atoms with Gasteiger partial charge in [0.05, 0.1) is 12.1 Å². The highest BCUT2D eigenvalue weighted by atomic mass is 16.2. The highest BCUT2D eigenvalue weighted by molar-refractivity contribution is 5.85. The normalized spacial score (nSPS) is 20.9. The molecule has 0 saturated carbocycles. The number of nitrogens with zero attached hydrogens (tertiary/aromatic N) is 2. The molecule has 0 fully saturated rings. The fourth-order valence-electron chi connectivity index (χ4n) is 1.19. The van der Waals surface area contributed by atoms with Gasteiger partial charge < -0.3 is 5.32 Å². The molecule has 1 heterocycles. The summed E-state index contributed by atoms with van der Waals surface area (Å²) in [5, 5.41) is 6.73. The second-order valence-electron chi connectivity index (χ2n) is 4.58. The van der Waals surface area contributed by atoms with E-state index in [-0.39, 0.29) is 11.3 Å². The zero-order chi connectivity index (χ0) is 10.8. The molecule has 0 radical (unpaired) electrons. The van der Waals surface area contributed by atoms with Crippen LogP contribution in [0.5, 0.6) is 0 Å². The van der Waals surface area contributed by atoms with Gasteiger partial charge in [0.2, 0.25) is 0 Å². The van der Waals surface area contributed by atoms with Crippen LogP contribution < -0.4 is 5.32 Å². The first kappa shape index (κ1) is 10.9. The zero-order valence-electron chi connectivity index (χ0n) is 9.24.